The summed E-state index contributed by atoms with van der Waals surface area (Å²) in [5.41, 5.74) is 2.13. The van der Waals surface area contributed by atoms with Crippen molar-refractivity contribution in [2.45, 2.75) is 13.8 Å². The number of rotatable bonds is 2. The van der Waals surface area contributed by atoms with Gasteiger partial charge >= 0.3 is 0 Å². The van der Waals surface area contributed by atoms with E-state index in [0.717, 1.165) is 11.3 Å². The summed E-state index contributed by atoms with van der Waals surface area (Å²) in [5, 5.41) is 9.12. The Morgan fingerprint density at radius 3 is 2.50 bits per heavy atom. The van der Waals surface area contributed by atoms with E-state index >= 15 is 0 Å². The van der Waals surface area contributed by atoms with Crippen LogP contribution >= 0.6 is 0 Å². The third-order valence-electron chi connectivity index (χ3n) is 3.50. The van der Waals surface area contributed by atoms with Crippen molar-refractivity contribution in [2.24, 2.45) is 5.41 Å². The molecule has 94 valence electrons. The minimum Gasteiger partial charge on any atom is -0.377 e. The van der Waals surface area contributed by atoms with Crippen molar-refractivity contribution in [1.82, 2.24) is 0 Å². The van der Waals surface area contributed by atoms with Gasteiger partial charge in [0.1, 0.15) is 0 Å². The van der Waals surface area contributed by atoms with Crippen LogP contribution < -0.4 is 4.90 Å². The highest BCUT2D eigenvalue weighted by Gasteiger charge is 2.48. The lowest BCUT2D eigenvalue weighted by atomic mass is 9.86. The molecule has 1 amide bonds. The van der Waals surface area contributed by atoms with E-state index in [4.69, 9.17) is 10.00 Å². The zero-order valence-corrected chi connectivity index (χ0v) is 10.9. The molecule has 0 aliphatic carbocycles. The molecule has 0 aromatic heterocycles. The lowest BCUT2D eigenvalue weighted by molar-refractivity contribution is -0.146. The van der Waals surface area contributed by atoms with Gasteiger partial charge in [-0.15, -0.1) is 0 Å². The zero-order chi connectivity index (χ0) is 13.3. The molecule has 1 saturated heterocycles. The summed E-state index contributed by atoms with van der Waals surface area (Å²) in [7, 11) is 1.70. The van der Waals surface area contributed by atoms with Crippen LogP contribution in [0, 0.1) is 30.6 Å². The van der Waals surface area contributed by atoms with Crippen LogP contribution in [0.25, 0.3) is 0 Å². The molecule has 1 heterocycles. The first-order chi connectivity index (χ1) is 8.50. The van der Waals surface area contributed by atoms with Gasteiger partial charge in [-0.25, -0.2) is 0 Å². The Balaban J connectivity index is 2.26. The van der Waals surface area contributed by atoms with Gasteiger partial charge in [-0.2, -0.15) is 5.26 Å². The van der Waals surface area contributed by atoms with Crippen molar-refractivity contribution in [3.63, 3.8) is 0 Å². The predicted molar refractivity (Wildman–Crippen MR) is 68.2 cm³/mol. The monoisotopic (exact) mass is 244 g/mol. The van der Waals surface area contributed by atoms with E-state index in [-0.39, 0.29) is 19.1 Å². The number of nitrogens with zero attached hydrogens (tertiary/aromatic N) is 2. The van der Waals surface area contributed by atoms with Gasteiger partial charge < -0.3 is 9.64 Å². The Hall–Kier alpha value is -1.86. The predicted octanol–water partition coefficient (Wildman–Crippen LogP) is 1.81. The highest BCUT2D eigenvalue weighted by Crippen LogP contribution is 2.31. The first kappa shape index (κ1) is 12.6. The minimum absolute atomic E-state index is 0.192. The summed E-state index contributed by atoms with van der Waals surface area (Å²) in [4.78, 5) is 13.8. The quantitative estimate of drug-likeness (QED) is 0.797. The number of carbonyl (C=O) groups is 1. The van der Waals surface area contributed by atoms with Gasteiger partial charge in [-0.05, 0) is 37.1 Å². The van der Waals surface area contributed by atoms with E-state index in [2.05, 4.69) is 6.07 Å². The normalized spacial score (nSPS) is 16.6. The molecule has 0 spiro atoms. The molecule has 4 nitrogen and oxygen atoms in total. The van der Waals surface area contributed by atoms with E-state index in [1.807, 2.05) is 32.0 Å². The summed E-state index contributed by atoms with van der Waals surface area (Å²) >= 11 is 0. The Morgan fingerprint density at radius 1 is 1.39 bits per heavy atom. The maximum Gasteiger partial charge on any atom is 0.252 e. The maximum atomic E-state index is 12.3. The number of anilines is 1. The van der Waals surface area contributed by atoms with Crippen LogP contribution in [-0.2, 0) is 9.53 Å². The van der Waals surface area contributed by atoms with Crippen LogP contribution in [-0.4, -0.2) is 26.2 Å². The Bertz CT molecular complexity index is 527. The Morgan fingerprint density at radius 2 is 2.06 bits per heavy atom. The van der Waals surface area contributed by atoms with E-state index in [0.29, 0.717) is 0 Å². The maximum absolute atomic E-state index is 12.3. The van der Waals surface area contributed by atoms with Crippen LogP contribution in [0.4, 0.5) is 5.69 Å². The number of aryl methyl sites for hydroxylation is 2. The molecule has 0 atom stereocenters. The summed E-state index contributed by atoms with van der Waals surface area (Å²) in [6.45, 7) is 4.41. The average molecular weight is 244 g/mol. The molecule has 1 aromatic rings. The van der Waals surface area contributed by atoms with Crippen molar-refractivity contribution >= 4 is 11.6 Å². The van der Waals surface area contributed by atoms with E-state index < -0.39 is 5.41 Å². The second kappa shape index (κ2) is 4.43. The smallest absolute Gasteiger partial charge is 0.252 e. The number of nitriles is 1. The van der Waals surface area contributed by atoms with E-state index in [9.17, 15) is 4.79 Å². The van der Waals surface area contributed by atoms with Crippen LogP contribution in [0.15, 0.2) is 18.2 Å². The van der Waals surface area contributed by atoms with Gasteiger partial charge in [-0.3, -0.25) is 4.79 Å². The highest BCUT2D eigenvalue weighted by atomic mass is 16.5. The Labute approximate surface area is 107 Å². The van der Waals surface area contributed by atoms with Crippen molar-refractivity contribution < 1.29 is 9.53 Å². The molecule has 2 rings (SSSR count). The lowest BCUT2D eigenvalue weighted by Gasteiger charge is -2.36. The molecule has 0 saturated carbocycles. The van der Waals surface area contributed by atoms with Gasteiger partial charge in [0, 0.05) is 12.7 Å². The SMILES string of the molecule is Cc1ccc(N(C)C(=O)C2(C#N)COC2)cc1C. The summed E-state index contributed by atoms with van der Waals surface area (Å²) in [5.74, 6) is -0.195. The third-order valence-corrected chi connectivity index (χ3v) is 3.50. The molecule has 1 fully saturated rings. The van der Waals surface area contributed by atoms with Crippen LogP contribution in [0.1, 0.15) is 11.1 Å². The molecule has 0 radical (unpaired) electrons. The first-order valence-electron chi connectivity index (χ1n) is 5.84. The Kier molecular flexibility index (Phi) is 3.10. The number of benzene rings is 1. The van der Waals surface area contributed by atoms with Gasteiger partial charge in [0.05, 0.1) is 19.3 Å². The zero-order valence-electron chi connectivity index (χ0n) is 10.9. The second-order valence-corrected chi connectivity index (χ2v) is 4.82. The largest absolute Gasteiger partial charge is 0.377 e. The number of amides is 1. The second-order valence-electron chi connectivity index (χ2n) is 4.82. The third kappa shape index (κ3) is 1.87. The molecule has 0 N–H and O–H groups in total. The molecule has 4 heteroatoms. The van der Waals surface area contributed by atoms with Crippen LogP contribution in [0.5, 0.6) is 0 Å². The van der Waals surface area contributed by atoms with Crippen LogP contribution in [0.2, 0.25) is 0 Å². The van der Waals surface area contributed by atoms with Crippen molar-refractivity contribution in [3.8, 4) is 6.07 Å². The van der Waals surface area contributed by atoms with Crippen molar-refractivity contribution in [2.75, 3.05) is 25.2 Å². The molecule has 18 heavy (non-hydrogen) atoms. The molecule has 1 aliphatic heterocycles. The summed E-state index contributed by atoms with van der Waals surface area (Å²) < 4.78 is 5.01. The highest BCUT2D eigenvalue weighted by molar-refractivity contribution is 5.99. The van der Waals surface area contributed by atoms with E-state index in [1.54, 1.807) is 7.05 Å². The molecule has 0 unspecified atom stereocenters. The first-order valence-corrected chi connectivity index (χ1v) is 5.84. The number of hydrogen-bond acceptors (Lipinski definition) is 3. The van der Waals surface area contributed by atoms with Crippen LogP contribution in [0.3, 0.4) is 0 Å². The van der Waals surface area contributed by atoms with Crippen molar-refractivity contribution in [1.29, 1.82) is 5.26 Å². The average Bonchev–Trinajstić information content (AvgIpc) is 2.31. The number of carbonyl (C=O) groups excluding carboxylic acids is 1. The van der Waals surface area contributed by atoms with Gasteiger partial charge in [0.15, 0.2) is 5.41 Å². The van der Waals surface area contributed by atoms with Gasteiger partial charge in [-0.1, -0.05) is 6.07 Å². The van der Waals surface area contributed by atoms with Crippen molar-refractivity contribution in [3.05, 3.63) is 29.3 Å². The fourth-order valence-corrected chi connectivity index (χ4v) is 1.91. The summed E-state index contributed by atoms with van der Waals surface area (Å²) in [6.07, 6.45) is 0. The van der Waals surface area contributed by atoms with Gasteiger partial charge in [0.2, 0.25) is 0 Å². The standard InChI is InChI=1S/C14H16N2O2/c1-10-4-5-12(6-11(10)2)16(3)13(17)14(7-15)8-18-9-14/h4-6H,8-9H2,1-3H3. The molecular weight excluding hydrogens is 228 g/mol. The molecule has 1 aliphatic rings. The molecule has 1 aromatic carbocycles. The molecular formula is C14H16N2O2. The van der Waals surface area contributed by atoms with Gasteiger partial charge in [0.25, 0.3) is 5.91 Å². The minimum atomic E-state index is -0.993. The van der Waals surface area contributed by atoms with E-state index in [1.165, 1.54) is 10.5 Å². The molecule has 0 bridgehead atoms. The fourth-order valence-electron chi connectivity index (χ4n) is 1.91. The topological polar surface area (TPSA) is 53.3 Å². The lowest BCUT2D eigenvalue weighted by Crippen LogP contribution is -2.53. The summed E-state index contributed by atoms with van der Waals surface area (Å²) in [6, 6.07) is 7.90. The fraction of sp³-hybridized carbons (Fsp3) is 0.429. The number of ether oxygens (including phenoxy) is 1. The number of hydrogen-bond donors (Lipinski definition) is 0.